The van der Waals surface area contributed by atoms with Crippen molar-refractivity contribution in [1.82, 2.24) is 10.2 Å². The van der Waals surface area contributed by atoms with Gasteiger partial charge in [-0.05, 0) is 30.5 Å². The van der Waals surface area contributed by atoms with Crippen molar-refractivity contribution in [2.75, 3.05) is 19.7 Å². The number of rotatable bonds is 7. The van der Waals surface area contributed by atoms with E-state index in [2.05, 4.69) is 15.3 Å². The van der Waals surface area contributed by atoms with E-state index in [1.807, 2.05) is 6.92 Å². The molecule has 0 aromatic carbocycles. The summed E-state index contributed by atoms with van der Waals surface area (Å²) in [5, 5.41) is 6.46. The number of nitrogens with one attached hydrogen (secondary N) is 1. The molecule has 2 amide bonds. The number of likely N-dealkylation sites (tertiary alicyclic amines) is 1. The Labute approximate surface area is 154 Å². The summed E-state index contributed by atoms with van der Waals surface area (Å²) in [6.07, 6.45) is 1.78. The highest BCUT2D eigenvalue weighted by Crippen LogP contribution is 2.23. The summed E-state index contributed by atoms with van der Waals surface area (Å²) in [6, 6.07) is 2.80. The van der Waals surface area contributed by atoms with Gasteiger partial charge < -0.3 is 15.0 Å². The summed E-state index contributed by atoms with van der Waals surface area (Å²) in [4.78, 5) is 29.3. The van der Waals surface area contributed by atoms with Gasteiger partial charge in [-0.1, -0.05) is 30.1 Å². The van der Waals surface area contributed by atoms with E-state index >= 15 is 0 Å². The van der Waals surface area contributed by atoms with Gasteiger partial charge in [-0.3, -0.25) is 4.79 Å². The van der Waals surface area contributed by atoms with E-state index in [1.54, 1.807) is 12.1 Å². The van der Waals surface area contributed by atoms with E-state index in [0.717, 1.165) is 12.8 Å². The molecule has 25 heavy (non-hydrogen) atoms. The molecule has 1 aromatic rings. The van der Waals surface area contributed by atoms with Crippen LogP contribution in [0.4, 0.5) is 4.79 Å². The molecular weight excluding hydrogens is 366 g/mol. The number of ether oxygens (including phenoxy) is 1. The molecule has 1 aliphatic heterocycles. The third-order valence-electron chi connectivity index (χ3n) is 3.86. The first-order valence-electron chi connectivity index (χ1n) is 8.05. The Morgan fingerprint density at radius 3 is 3.00 bits per heavy atom. The van der Waals surface area contributed by atoms with E-state index in [4.69, 9.17) is 21.9 Å². The lowest BCUT2D eigenvalue weighted by atomic mass is 10.1. The quantitative estimate of drug-likeness (QED) is 0.333. The van der Waals surface area contributed by atoms with Crippen LogP contribution in [0, 0.1) is 0 Å². The number of carbonyl (C=O) groups is 2. The average Bonchev–Trinajstić information content (AvgIpc) is 3.19. The average molecular weight is 386 g/mol. The summed E-state index contributed by atoms with van der Waals surface area (Å²) in [7, 11) is 0. The Kier molecular flexibility index (Phi) is 7.36. The zero-order valence-electron chi connectivity index (χ0n) is 13.9. The first-order chi connectivity index (χ1) is 12.0. The summed E-state index contributed by atoms with van der Waals surface area (Å²) >= 11 is 7.05. The highest BCUT2D eigenvalue weighted by Gasteiger charge is 2.36. The molecule has 1 aromatic heterocycles. The van der Waals surface area contributed by atoms with Crippen LogP contribution >= 0.6 is 22.9 Å². The van der Waals surface area contributed by atoms with Gasteiger partial charge in [0.1, 0.15) is 0 Å². The minimum Gasteiger partial charge on any atom is -0.449 e. The third-order valence-corrected chi connectivity index (χ3v) is 5.09. The van der Waals surface area contributed by atoms with Gasteiger partial charge in [0.25, 0.3) is 5.91 Å². The van der Waals surface area contributed by atoms with Crippen molar-refractivity contribution in [2.24, 2.45) is 5.11 Å². The Morgan fingerprint density at radius 2 is 2.36 bits per heavy atom. The summed E-state index contributed by atoms with van der Waals surface area (Å²) in [5.74, 6) is -0.231. The Morgan fingerprint density at radius 1 is 1.56 bits per heavy atom. The van der Waals surface area contributed by atoms with Crippen molar-refractivity contribution in [3.63, 3.8) is 0 Å². The van der Waals surface area contributed by atoms with Gasteiger partial charge in [0.2, 0.25) is 0 Å². The molecule has 0 saturated carbocycles. The number of amides is 2. The van der Waals surface area contributed by atoms with Crippen LogP contribution in [-0.2, 0) is 4.74 Å². The number of thiophene rings is 1. The molecule has 1 N–H and O–H groups in total. The van der Waals surface area contributed by atoms with E-state index < -0.39 is 6.09 Å². The van der Waals surface area contributed by atoms with Crippen LogP contribution in [0.5, 0.6) is 0 Å². The molecule has 2 atom stereocenters. The minimum absolute atomic E-state index is 0.149. The Bertz CT molecular complexity index is 661. The molecule has 2 heterocycles. The Hall–Kier alpha value is -1.96. The summed E-state index contributed by atoms with van der Waals surface area (Å²) < 4.78 is 5.78. The minimum atomic E-state index is -0.442. The van der Waals surface area contributed by atoms with Crippen molar-refractivity contribution in [3.05, 3.63) is 31.8 Å². The predicted octanol–water partition coefficient (Wildman–Crippen LogP) is 3.82. The molecule has 1 saturated heterocycles. The molecule has 0 aliphatic carbocycles. The summed E-state index contributed by atoms with van der Waals surface area (Å²) in [6.45, 7) is 2.83. The van der Waals surface area contributed by atoms with Crippen LogP contribution < -0.4 is 5.32 Å². The van der Waals surface area contributed by atoms with Crippen LogP contribution in [0.2, 0.25) is 4.34 Å². The van der Waals surface area contributed by atoms with Gasteiger partial charge >= 0.3 is 6.09 Å². The first kappa shape index (κ1) is 19.4. The molecule has 136 valence electrons. The van der Waals surface area contributed by atoms with Crippen molar-refractivity contribution in [1.29, 1.82) is 0 Å². The zero-order chi connectivity index (χ0) is 18.2. The molecule has 0 spiro atoms. The maximum atomic E-state index is 12.2. The number of halogens is 1. The van der Waals surface area contributed by atoms with E-state index in [1.165, 1.54) is 16.2 Å². The lowest BCUT2D eigenvalue weighted by molar-refractivity contribution is 0.0917. The number of azide groups is 1. The monoisotopic (exact) mass is 385 g/mol. The normalized spacial score (nSPS) is 19.4. The summed E-state index contributed by atoms with van der Waals surface area (Å²) in [5.41, 5.74) is 8.53. The number of nitrogens with zero attached hydrogens (tertiary/aromatic N) is 4. The van der Waals surface area contributed by atoms with Crippen molar-refractivity contribution in [2.45, 2.75) is 38.3 Å². The van der Waals surface area contributed by atoms with Crippen molar-refractivity contribution >= 4 is 34.9 Å². The Balaban J connectivity index is 1.97. The van der Waals surface area contributed by atoms with Crippen molar-refractivity contribution < 1.29 is 14.3 Å². The van der Waals surface area contributed by atoms with Gasteiger partial charge in [0, 0.05) is 30.1 Å². The SMILES string of the molecule is CCCCOC(=O)N1C[C@H](NC(=O)c2ccc(Cl)s2)C[C@H]1CN=[N+]=[N-]. The molecule has 0 bridgehead atoms. The van der Waals surface area contributed by atoms with Gasteiger partial charge in [-0.15, -0.1) is 11.3 Å². The van der Waals surface area contributed by atoms with Gasteiger partial charge in [-0.25, -0.2) is 4.79 Å². The van der Waals surface area contributed by atoms with Gasteiger partial charge in [-0.2, -0.15) is 0 Å². The second-order valence-electron chi connectivity index (χ2n) is 5.70. The molecule has 10 heteroatoms. The standard InChI is InChI=1S/C15H20ClN5O3S/c1-2-3-6-24-15(23)21-9-10(7-11(21)8-18-20-17)19-14(22)12-4-5-13(16)25-12/h4-5,10-11H,2-3,6-9H2,1H3,(H,19,22)/t10-,11+/m1/s1. The predicted molar refractivity (Wildman–Crippen MR) is 96.0 cm³/mol. The lowest BCUT2D eigenvalue weighted by Crippen LogP contribution is -2.40. The second kappa shape index (κ2) is 9.50. The maximum Gasteiger partial charge on any atom is 0.410 e. The second-order valence-corrected chi connectivity index (χ2v) is 7.41. The molecule has 1 aliphatic rings. The van der Waals surface area contributed by atoms with Gasteiger partial charge in [0.15, 0.2) is 0 Å². The molecule has 8 nitrogen and oxygen atoms in total. The van der Waals surface area contributed by atoms with Crippen LogP contribution in [0.15, 0.2) is 17.2 Å². The molecule has 0 unspecified atom stereocenters. The molecule has 2 rings (SSSR count). The lowest BCUT2D eigenvalue weighted by Gasteiger charge is -2.22. The van der Waals surface area contributed by atoms with Crippen LogP contribution in [-0.4, -0.2) is 48.7 Å². The number of hydrogen-bond donors (Lipinski definition) is 1. The van der Waals surface area contributed by atoms with Crippen LogP contribution in [0.3, 0.4) is 0 Å². The zero-order valence-corrected chi connectivity index (χ0v) is 15.4. The highest BCUT2D eigenvalue weighted by atomic mass is 35.5. The largest absolute Gasteiger partial charge is 0.449 e. The number of carbonyl (C=O) groups excluding carboxylic acids is 2. The van der Waals surface area contributed by atoms with E-state index in [-0.39, 0.29) is 24.5 Å². The van der Waals surface area contributed by atoms with Gasteiger partial charge in [0.05, 0.1) is 15.8 Å². The fraction of sp³-hybridized carbons (Fsp3) is 0.600. The smallest absolute Gasteiger partial charge is 0.410 e. The first-order valence-corrected chi connectivity index (χ1v) is 9.25. The molecule has 1 fully saturated rings. The van der Waals surface area contributed by atoms with E-state index in [9.17, 15) is 9.59 Å². The van der Waals surface area contributed by atoms with Crippen molar-refractivity contribution in [3.8, 4) is 0 Å². The topological polar surface area (TPSA) is 107 Å². The fourth-order valence-electron chi connectivity index (χ4n) is 2.63. The fourth-order valence-corrected chi connectivity index (χ4v) is 3.57. The maximum absolute atomic E-state index is 12.2. The molecule has 0 radical (unpaired) electrons. The number of hydrogen-bond acceptors (Lipinski definition) is 5. The van der Waals surface area contributed by atoms with Crippen LogP contribution in [0.25, 0.3) is 10.4 Å². The highest BCUT2D eigenvalue weighted by molar-refractivity contribution is 7.18. The third kappa shape index (κ3) is 5.52. The van der Waals surface area contributed by atoms with Crippen LogP contribution in [0.1, 0.15) is 35.9 Å². The van der Waals surface area contributed by atoms with E-state index in [0.29, 0.717) is 28.8 Å². The number of unbranched alkanes of at least 4 members (excludes halogenated alkanes) is 1. The molecular formula is C15H20ClN5O3S.